The molecule has 0 spiro atoms. The molecule has 154 valence electrons. The van der Waals surface area contributed by atoms with E-state index in [4.69, 9.17) is 0 Å². The molecule has 5 rings (SSSR count). The van der Waals surface area contributed by atoms with Gasteiger partial charge in [0.2, 0.25) is 0 Å². The predicted octanol–water partition coefficient (Wildman–Crippen LogP) is 4.32. The largest absolute Gasteiger partial charge is 0.350 e. The molecule has 2 aliphatic rings. The van der Waals surface area contributed by atoms with Gasteiger partial charge in [-0.25, -0.2) is 4.68 Å². The highest BCUT2D eigenvalue weighted by Gasteiger charge is 2.33. The number of benzene rings is 2. The summed E-state index contributed by atoms with van der Waals surface area (Å²) in [5.41, 5.74) is 4.05. The Labute approximate surface area is 177 Å². The van der Waals surface area contributed by atoms with E-state index in [0.717, 1.165) is 42.9 Å². The van der Waals surface area contributed by atoms with Gasteiger partial charge in [0.05, 0.1) is 29.2 Å². The molecule has 0 unspecified atom stereocenters. The number of likely N-dealkylation sites (tertiary alicyclic amines) is 1. The second kappa shape index (κ2) is 8.44. The molecule has 0 radical (unpaired) electrons. The van der Waals surface area contributed by atoms with Crippen LogP contribution in [0.1, 0.15) is 59.3 Å². The first-order chi connectivity index (χ1) is 14.8. The maximum atomic E-state index is 13.2. The number of carbonyl (C=O) groups is 1. The maximum Gasteiger partial charge on any atom is 0.254 e. The lowest BCUT2D eigenvalue weighted by Crippen LogP contribution is -2.37. The van der Waals surface area contributed by atoms with Crippen LogP contribution in [0.25, 0.3) is 5.69 Å². The summed E-state index contributed by atoms with van der Waals surface area (Å²) in [5.74, 6) is 0.413. The van der Waals surface area contributed by atoms with Crippen LogP contribution in [0.2, 0.25) is 0 Å². The molecule has 5 heteroatoms. The Morgan fingerprint density at radius 3 is 2.33 bits per heavy atom. The fourth-order valence-corrected chi connectivity index (χ4v) is 4.53. The lowest BCUT2D eigenvalue weighted by molar-refractivity contribution is 0.0937. The number of hydrogen-bond acceptors (Lipinski definition) is 3. The van der Waals surface area contributed by atoms with Gasteiger partial charge in [0.1, 0.15) is 0 Å². The Kier molecular flexibility index (Phi) is 5.37. The Bertz CT molecular complexity index is 989. The lowest BCUT2D eigenvalue weighted by Gasteiger charge is -2.28. The molecule has 30 heavy (non-hydrogen) atoms. The molecule has 2 heterocycles. The maximum absolute atomic E-state index is 13.2. The summed E-state index contributed by atoms with van der Waals surface area (Å²) in [4.78, 5) is 15.7. The minimum Gasteiger partial charge on any atom is -0.350 e. The second-order valence-electron chi connectivity index (χ2n) is 8.34. The van der Waals surface area contributed by atoms with Gasteiger partial charge >= 0.3 is 0 Å². The van der Waals surface area contributed by atoms with Crippen molar-refractivity contribution < 1.29 is 4.79 Å². The predicted molar refractivity (Wildman–Crippen MR) is 118 cm³/mol. The monoisotopic (exact) mass is 400 g/mol. The summed E-state index contributed by atoms with van der Waals surface area (Å²) >= 11 is 0. The number of aromatic nitrogens is 2. The van der Waals surface area contributed by atoms with Crippen LogP contribution in [-0.2, 0) is 0 Å². The van der Waals surface area contributed by atoms with E-state index in [-0.39, 0.29) is 11.9 Å². The normalized spacial score (nSPS) is 17.7. The molecular formula is C25H28N4O. The zero-order valence-electron chi connectivity index (χ0n) is 17.2. The van der Waals surface area contributed by atoms with Crippen molar-refractivity contribution in [1.82, 2.24) is 20.0 Å². The molecule has 2 aromatic carbocycles. The van der Waals surface area contributed by atoms with Gasteiger partial charge in [-0.15, -0.1) is 0 Å². The van der Waals surface area contributed by atoms with Gasteiger partial charge < -0.3 is 5.32 Å². The van der Waals surface area contributed by atoms with Crippen molar-refractivity contribution in [3.63, 3.8) is 0 Å². The number of carbonyl (C=O) groups excluding carboxylic acids is 1. The van der Waals surface area contributed by atoms with Crippen LogP contribution >= 0.6 is 0 Å². The van der Waals surface area contributed by atoms with Gasteiger partial charge in [0.15, 0.2) is 0 Å². The van der Waals surface area contributed by atoms with E-state index in [1.807, 2.05) is 41.1 Å². The summed E-state index contributed by atoms with van der Waals surface area (Å²) < 4.78 is 1.95. The molecular weight excluding hydrogens is 372 g/mol. The molecule has 5 nitrogen and oxygen atoms in total. The second-order valence-corrected chi connectivity index (χ2v) is 8.34. The van der Waals surface area contributed by atoms with Crippen LogP contribution in [0.3, 0.4) is 0 Å². The Morgan fingerprint density at radius 1 is 1.00 bits per heavy atom. The molecule has 2 fully saturated rings. The molecule has 1 saturated heterocycles. The molecule has 1 atom stereocenters. The smallest absolute Gasteiger partial charge is 0.254 e. The van der Waals surface area contributed by atoms with Gasteiger partial charge in [-0.3, -0.25) is 9.69 Å². The van der Waals surface area contributed by atoms with Crippen LogP contribution in [0, 0.1) is 0 Å². The van der Waals surface area contributed by atoms with E-state index in [0.29, 0.717) is 12.5 Å². The summed E-state index contributed by atoms with van der Waals surface area (Å²) in [6.07, 6.45) is 6.45. The molecule has 1 N–H and O–H groups in total. The number of para-hydroxylation sites is 1. The minimum atomic E-state index is -0.0146. The third kappa shape index (κ3) is 3.90. The van der Waals surface area contributed by atoms with Gasteiger partial charge in [-0.1, -0.05) is 48.5 Å². The zero-order chi connectivity index (χ0) is 20.3. The van der Waals surface area contributed by atoms with E-state index in [1.54, 1.807) is 6.20 Å². The lowest BCUT2D eigenvalue weighted by atomic mass is 10.1. The number of amides is 1. The standard InChI is InChI=1S/C25H28N4O/c30-25(26-18-23(28-15-7-8-16-28)19-9-3-1-4-10-19)22-17-27-29(24(22)20-13-14-20)21-11-5-2-6-12-21/h1-6,9-12,17,20,23H,7-8,13-16,18H2,(H,26,30)/t23-/m1/s1. The fraction of sp³-hybridized carbons (Fsp3) is 0.360. The molecule has 3 aromatic rings. The van der Waals surface area contributed by atoms with Crippen molar-refractivity contribution in [1.29, 1.82) is 0 Å². The van der Waals surface area contributed by atoms with Crippen LogP contribution in [0.5, 0.6) is 0 Å². The van der Waals surface area contributed by atoms with Crippen LogP contribution < -0.4 is 5.32 Å². The third-order valence-corrected chi connectivity index (χ3v) is 6.24. The third-order valence-electron chi connectivity index (χ3n) is 6.24. The van der Waals surface area contributed by atoms with E-state index >= 15 is 0 Å². The van der Waals surface area contributed by atoms with Crippen molar-refractivity contribution in [3.05, 3.63) is 83.7 Å². The highest BCUT2D eigenvalue weighted by molar-refractivity contribution is 5.95. The highest BCUT2D eigenvalue weighted by atomic mass is 16.1. The molecule has 1 amide bonds. The molecule has 1 aliphatic heterocycles. The van der Waals surface area contributed by atoms with Gasteiger partial charge in [-0.05, 0) is 56.5 Å². The average molecular weight is 401 g/mol. The fourth-order valence-electron chi connectivity index (χ4n) is 4.53. The van der Waals surface area contributed by atoms with Gasteiger partial charge in [-0.2, -0.15) is 5.10 Å². The molecule has 1 aliphatic carbocycles. The quantitative estimate of drug-likeness (QED) is 0.643. The molecule has 0 bridgehead atoms. The van der Waals surface area contributed by atoms with Crippen molar-refractivity contribution in [2.24, 2.45) is 0 Å². The number of nitrogens with zero attached hydrogens (tertiary/aromatic N) is 3. The Morgan fingerprint density at radius 2 is 1.67 bits per heavy atom. The van der Waals surface area contributed by atoms with Crippen LogP contribution in [-0.4, -0.2) is 40.2 Å². The minimum absolute atomic E-state index is 0.0146. The first-order valence-electron chi connectivity index (χ1n) is 11.0. The summed E-state index contributed by atoms with van der Waals surface area (Å²) in [7, 11) is 0. The van der Waals surface area contributed by atoms with Crippen LogP contribution in [0.15, 0.2) is 66.9 Å². The van der Waals surface area contributed by atoms with E-state index < -0.39 is 0 Å². The van der Waals surface area contributed by atoms with Gasteiger partial charge in [0.25, 0.3) is 5.91 Å². The van der Waals surface area contributed by atoms with Crippen molar-refractivity contribution in [2.75, 3.05) is 19.6 Å². The molecule has 1 saturated carbocycles. The summed E-state index contributed by atoms with van der Waals surface area (Å²) in [6, 6.07) is 20.8. The average Bonchev–Trinajstić information content (AvgIpc) is 3.30. The first-order valence-corrected chi connectivity index (χ1v) is 11.0. The van der Waals surface area contributed by atoms with E-state index in [9.17, 15) is 4.79 Å². The first kappa shape index (κ1) is 19.1. The van der Waals surface area contributed by atoms with Gasteiger partial charge in [0, 0.05) is 12.5 Å². The Hall–Kier alpha value is -2.92. The summed E-state index contributed by atoms with van der Waals surface area (Å²) in [5, 5.41) is 7.81. The Balaban J connectivity index is 1.37. The summed E-state index contributed by atoms with van der Waals surface area (Å²) in [6.45, 7) is 2.80. The van der Waals surface area contributed by atoms with Crippen molar-refractivity contribution in [3.8, 4) is 5.69 Å². The number of hydrogen-bond donors (Lipinski definition) is 1. The molecule has 1 aromatic heterocycles. The highest BCUT2D eigenvalue weighted by Crippen LogP contribution is 2.42. The van der Waals surface area contributed by atoms with Crippen LogP contribution in [0.4, 0.5) is 0 Å². The number of nitrogens with one attached hydrogen (secondary N) is 1. The van der Waals surface area contributed by atoms with Crippen molar-refractivity contribution >= 4 is 5.91 Å². The van der Waals surface area contributed by atoms with E-state index in [2.05, 4.69) is 39.6 Å². The zero-order valence-corrected chi connectivity index (χ0v) is 17.2. The van der Waals surface area contributed by atoms with E-state index in [1.165, 1.54) is 18.4 Å². The topological polar surface area (TPSA) is 50.2 Å². The SMILES string of the molecule is O=C(NC[C@H](c1ccccc1)N1CCCC1)c1cnn(-c2ccccc2)c1C1CC1. The van der Waals surface area contributed by atoms with Crippen molar-refractivity contribution in [2.45, 2.75) is 37.6 Å². The number of rotatable bonds is 7.